The fraction of sp³-hybridized carbons (Fsp3) is 0.150. The Bertz CT molecular complexity index is 972. The first-order chi connectivity index (χ1) is 13.6. The number of aromatic nitrogens is 1. The van der Waals surface area contributed by atoms with Crippen LogP contribution in [-0.4, -0.2) is 34.9 Å². The molecular formula is C20H17FN4O3. The molecule has 0 radical (unpaired) electrons. The number of pyridine rings is 1. The van der Waals surface area contributed by atoms with Gasteiger partial charge < -0.3 is 14.6 Å². The van der Waals surface area contributed by atoms with E-state index in [2.05, 4.69) is 10.3 Å². The summed E-state index contributed by atoms with van der Waals surface area (Å²) in [6.45, 7) is 1.47. The molecule has 1 saturated heterocycles. The average molecular weight is 380 g/mol. The van der Waals surface area contributed by atoms with Gasteiger partial charge in [-0.15, -0.1) is 0 Å². The molecule has 1 aromatic carbocycles. The smallest absolute Gasteiger partial charge is 0.326 e. The Balaban J connectivity index is 1.39. The summed E-state index contributed by atoms with van der Waals surface area (Å²) < 4.78 is 18.1. The number of nitrogens with zero attached hydrogens (tertiary/aromatic N) is 3. The monoisotopic (exact) mass is 380 g/mol. The van der Waals surface area contributed by atoms with Crippen LogP contribution in [0.1, 0.15) is 16.1 Å². The summed E-state index contributed by atoms with van der Waals surface area (Å²) >= 11 is 0. The van der Waals surface area contributed by atoms with E-state index in [1.54, 1.807) is 46.2 Å². The highest BCUT2D eigenvalue weighted by Gasteiger charge is 2.30. The Morgan fingerprint density at radius 2 is 1.96 bits per heavy atom. The Hall–Kier alpha value is -3.68. The van der Waals surface area contributed by atoms with Crippen molar-refractivity contribution < 1.29 is 18.4 Å². The summed E-state index contributed by atoms with van der Waals surface area (Å²) in [6.07, 6.45) is 2.92. The van der Waals surface area contributed by atoms with Gasteiger partial charge in [0.2, 0.25) is 0 Å². The number of benzene rings is 1. The van der Waals surface area contributed by atoms with E-state index >= 15 is 0 Å². The van der Waals surface area contributed by atoms with E-state index in [-0.39, 0.29) is 23.5 Å². The molecule has 1 aliphatic rings. The number of urea groups is 1. The van der Waals surface area contributed by atoms with Gasteiger partial charge in [0.05, 0.1) is 18.1 Å². The lowest BCUT2D eigenvalue weighted by molar-refractivity contribution is 0.0996. The number of anilines is 2. The van der Waals surface area contributed by atoms with E-state index in [0.717, 1.165) is 5.56 Å². The molecule has 1 aliphatic heterocycles. The van der Waals surface area contributed by atoms with Crippen LogP contribution in [0, 0.1) is 5.82 Å². The van der Waals surface area contributed by atoms with Crippen LogP contribution in [0.25, 0.3) is 0 Å². The normalized spacial score (nSPS) is 13.8. The summed E-state index contributed by atoms with van der Waals surface area (Å²) in [5, 5.41) is 2.68. The maximum atomic E-state index is 13.0. The highest BCUT2D eigenvalue weighted by atomic mass is 19.1. The molecule has 3 amide bonds. The molecule has 0 saturated carbocycles. The Kier molecular flexibility index (Phi) is 4.76. The van der Waals surface area contributed by atoms with Gasteiger partial charge in [0.15, 0.2) is 5.76 Å². The van der Waals surface area contributed by atoms with Crippen LogP contribution in [-0.2, 0) is 6.54 Å². The van der Waals surface area contributed by atoms with Crippen LogP contribution in [0.15, 0.2) is 65.4 Å². The van der Waals surface area contributed by atoms with Crippen molar-refractivity contribution in [2.45, 2.75) is 6.54 Å². The lowest BCUT2D eigenvalue weighted by Gasteiger charge is -2.18. The van der Waals surface area contributed by atoms with Crippen LogP contribution in [0.3, 0.4) is 0 Å². The van der Waals surface area contributed by atoms with Gasteiger partial charge >= 0.3 is 6.03 Å². The fourth-order valence-corrected chi connectivity index (χ4v) is 2.97. The molecule has 142 valence electrons. The first-order valence-electron chi connectivity index (χ1n) is 8.72. The van der Waals surface area contributed by atoms with Crippen LogP contribution in [0.4, 0.5) is 20.7 Å². The predicted molar refractivity (Wildman–Crippen MR) is 100 cm³/mol. The molecule has 0 aliphatic carbocycles. The number of carbonyl (C=O) groups excluding carboxylic acids is 2. The zero-order valence-corrected chi connectivity index (χ0v) is 14.8. The fourth-order valence-electron chi connectivity index (χ4n) is 2.97. The quantitative estimate of drug-likeness (QED) is 0.735. The number of carbonyl (C=O) groups is 2. The van der Waals surface area contributed by atoms with Crippen molar-refractivity contribution in [3.8, 4) is 0 Å². The summed E-state index contributed by atoms with van der Waals surface area (Å²) in [6, 6.07) is 12.5. The molecular weight excluding hydrogens is 363 g/mol. The van der Waals surface area contributed by atoms with Crippen LogP contribution >= 0.6 is 0 Å². The second kappa shape index (κ2) is 7.51. The standard InChI is InChI=1S/C20H17FN4O3/c21-15-5-3-14(4-6-15)13-24-9-10-25(20(24)27)18-8-7-16(12-22-18)23-19(26)17-2-1-11-28-17/h1-8,11-12H,9-10,13H2,(H,23,26). The molecule has 7 nitrogen and oxygen atoms in total. The molecule has 0 unspecified atom stereocenters. The topological polar surface area (TPSA) is 78.7 Å². The minimum absolute atomic E-state index is 0.163. The van der Waals surface area contributed by atoms with E-state index < -0.39 is 0 Å². The van der Waals surface area contributed by atoms with Crippen molar-refractivity contribution in [3.05, 3.63) is 78.1 Å². The van der Waals surface area contributed by atoms with Crippen molar-refractivity contribution >= 4 is 23.4 Å². The third-order valence-corrected chi connectivity index (χ3v) is 4.41. The molecule has 0 atom stereocenters. The van der Waals surface area contributed by atoms with E-state index in [4.69, 9.17) is 4.42 Å². The van der Waals surface area contributed by atoms with Crippen LogP contribution < -0.4 is 10.2 Å². The largest absolute Gasteiger partial charge is 0.459 e. The SMILES string of the molecule is O=C(Nc1ccc(N2CCN(Cc3ccc(F)cc3)C2=O)nc1)c1ccco1. The molecule has 28 heavy (non-hydrogen) atoms. The number of hydrogen-bond acceptors (Lipinski definition) is 4. The van der Waals surface area contributed by atoms with Crippen LogP contribution in [0.5, 0.6) is 0 Å². The molecule has 2 aromatic heterocycles. The van der Waals surface area contributed by atoms with Crippen LogP contribution in [0.2, 0.25) is 0 Å². The van der Waals surface area contributed by atoms with Gasteiger partial charge in [0.1, 0.15) is 11.6 Å². The van der Waals surface area contributed by atoms with E-state index in [1.807, 2.05) is 0 Å². The number of furan rings is 1. The molecule has 8 heteroatoms. The highest BCUT2D eigenvalue weighted by Crippen LogP contribution is 2.21. The van der Waals surface area contributed by atoms with Crippen molar-refractivity contribution in [2.75, 3.05) is 23.3 Å². The van der Waals surface area contributed by atoms with Crippen molar-refractivity contribution in [1.82, 2.24) is 9.88 Å². The van der Waals surface area contributed by atoms with E-state index in [0.29, 0.717) is 31.1 Å². The minimum atomic E-state index is -0.373. The van der Waals surface area contributed by atoms with E-state index in [9.17, 15) is 14.0 Å². The summed E-state index contributed by atoms with van der Waals surface area (Å²) in [7, 11) is 0. The molecule has 0 spiro atoms. The summed E-state index contributed by atoms with van der Waals surface area (Å²) in [5.74, 6) is 0.0293. The predicted octanol–water partition coefficient (Wildman–Crippen LogP) is 3.51. The average Bonchev–Trinajstić information content (AvgIpc) is 3.35. The summed E-state index contributed by atoms with van der Waals surface area (Å²) in [5.41, 5.74) is 1.36. The van der Waals surface area contributed by atoms with Gasteiger partial charge in [-0.2, -0.15) is 0 Å². The van der Waals surface area contributed by atoms with Gasteiger partial charge in [0.25, 0.3) is 5.91 Å². The van der Waals surface area contributed by atoms with Crippen molar-refractivity contribution in [1.29, 1.82) is 0 Å². The molecule has 1 N–H and O–H groups in total. The van der Waals surface area contributed by atoms with Gasteiger partial charge in [-0.05, 0) is 42.0 Å². The number of rotatable bonds is 5. The lowest BCUT2D eigenvalue weighted by atomic mass is 10.2. The van der Waals surface area contributed by atoms with Gasteiger partial charge in [-0.1, -0.05) is 12.1 Å². The molecule has 1 fully saturated rings. The Labute approximate surface area is 160 Å². The van der Waals surface area contributed by atoms with Gasteiger partial charge in [-0.3, -0.25) is 9.69 Å². The third-order valence-electron chi connectivity index (χ3n) is 4.41. The zero-order valence-electron chi connectivity index (χ0n) is 14.8. The second-order valence-corrected chi connectivity index (χ2v) is 6.32. The molecule has 4 rings (SSSR count). The first-order valence-corrected chi connectivity index (χ1v) is 8.72. The zero-order chi connectivity index (χ0) is 19.5. The molecule has 3 aromatic rings. The second-order valence-electron chi connectivity index (χ2n) is 6.32. The molecule has 0 bridgehead atoms. The minimum Gasteiger partial charge on any atom is -0.459 e. The molecule has 3 heterocycles. The van der Waals surface area contributed by atoms with Crippen molar-refractivity contribution in [3.63, 3.8) is 0 Å². The lowest BCUT2D eigenvalue weighted by Crippen LogP contribution is -2.31. The first kappa shape index (κ1) is 17.7. The van der Waals surface area contributed by atoms with Gasteiger partial charge in [-0.25, -0.2) is 14.2 Å². The maximum Gasteiger partial charge on any atom is 0.326 e. The number of hydrogen-bond donors (Lipinski definition) is 1. The van der Waals surface area contributed by atoms with E-state index in [1.165, 1.54) is 24.6 Å². The Morgan fingerprint density at radius 1 is 1.14 bits per heavy atom. The number of nitrogens with one attached hydrogen (secondary N) is 1. The van der Waals surface area contributed by atoms with Crippen molar-refractivity contribution in [2.24, 2.45) is 0 Å². The highest BCUT2D eigenvalue weighted by molar-refractivity contribution is 6.02. The van der Waals surface area contributed by atoms with Gasteiger partial charge in [0, 0.05) is 19.6 Å². The summed E-state index contributed by atoms with van der Waals surface area (Å²) in [4.78, 5) is 32.2. The number of amides is 3. The third kappa shape index (κ3) is 3.71. The Morgan fingerprint density at radius 3 is 2.64 bits per heavy atom. The number of halogens is 1. The maximum absolute atomic E-state index is 13.0.